The zero-order chi connectivity index (χ0) is 10.9. The number of anilines is 1. The SMILES string of the molecule is Nc1c([N+](=O)[O-])cc(Cl)nc1C(F)F. The zero-order valence-corrected chi connectivity index (χ0v) is 7.33. The maximum absolute atomic E-state index is 12.2. The predicted molar refractivity (Wildman–Crippen MR) is 45.3 cm³/mol. The number of nitrogen functional groups attached to an aromatic ring is 1. The molecule has 0 aliphatic heterocycles. The summed E-state index contributed by atoms with van der Waals surface area (Å²) in [5.41, 5.74) is 2.92. The van der Waals surface area contributed by atoms with Gasteiger partial charge in [-0.2, -0.15) is 0 Å². The third kappa shape index (κ3) is 1.87. The summed E-state index contributed by atoms with van der Waals surface area (Å²) in [5, 5.41) is 9.96. The molecule has 1 aromatic rings. The van der Waals surface area contributed by atoms with E-state index in [0.717, 1.165) is 6.07 Å². The van der Waals surface area contributed by atoms with E-state index in [0.29, 0.717) is 0 Å². The summed E-state index contributed by atoms with van der Waals surface area (Å²) in [4.78, 5) is 12.7. The normalized spacial score (nSPS) is 10.6. The first kappa shape index (κ1) is 10.6. The second-order valence-electron chi connectivity index (χ2n) is 2.32. The van der Waals surface area contributed by atoms with Crippen molar-refractivity contribution in [1.29, 1.82) is 0 Å². The molecule has 2 N–H and O–H groups in total. The molecule has 0 spiro atoms. The number of hydrogen-bond acceptors (Lipinski definition) is 4. The van der Waals surface area contributed by atoms with E-state index in [9.17, 15) is 18.9 Å². The molecule has 0 radical (unpaired) electrons. The van der Waals surface area contributed by atoms with Crippen LogP contribution in [0.5, 0.6) is 0 Å². The Morgan fingerprint density at radius 1 is 1.64 bits per heavy atom. The van der Waals surface area contributed by atoms with Crippen molar-refractivity contribution in [3.05, 3.63) is 27.0 Å². The third-order valence-corrected chi connectivity index (χ3v) is 1.63. The van der Waals surface area contributed by atoms with Gasteiger partial charge in [-0.1, -0.05) is 11.6 Å². The van der Waals surface area contributed by atoms with Crippen molar-refractivity contribution in [2.24, 2.45) is 0 Å². The molecule has 0 fully saturated rings. The number of alkyl halides is 2. The van der Waals surface area contributed by atoms with Gasteiger partial charge >= 0.3 is 0 Å². The minimum absolute atomic E-state index is 0.388. The van der Waals surface area contributed by atoms with E-state index in [1.807, 2.05) is 0 Å². The average molecular weight is 224 g/mol. The van der Waals surface area contributed by atoms with Crippen molar-refractivity contribution >= 4 is 23.0 Å². The van der Waals surface area contributed by atoms with Gasteiger partial charge in [0.25, 0.3) is 12.1 Å². The highest BCUT2D eigenvalue weighted by Gasteiger charge is 2.23. The molecule has 0 amide bonds. The van der Waals surface area contributed by atoms with E-state index < -0.39 is 28.4 Å². The molecule has 1 rings (SSSR count). The standard InChI is InChI=1S/C6H4ClF2N3O2/c7-3-1-2(12(13)14)4(10)5(11-3)6(8)9/h1,6H,10H2. The van der Waals surface area contributed by atoms with Crippen LogP contribution in [0.25, 0.3) is 0 Å². The van der Waals surface area contributed by atoms with Crippen LogP contribution in [0.1, 0.15) is 12.1 Å². The fourth-order valence-electron chi connectivity index (χ4n) is 0.847. The van der Waals surface area contributed by atoms with E-state index in [-0.39, 0.29) is 5.15 Å². The van der Waals surface area contributed by atoms with Crippen molar-refractivity contribution < 1.29 is 13.7 Å². The zero-order valence-electron chi connectivity index (χ0n) is 6.58. The van der Waals surface area contributed by atoms with Crippen LogP contribution in [-0.2, 0) is 0 Å². The van der Waals surface area contributed by atoms with E-state index in [1.54, 1.807) is 0 Å². The Morgan fingerprint density at radius 3 is 2.64 bits per heavy atom. The molecule has 0 saturated heterocycles. The number of aromatic nitrogens is 1. The van der Waals surface area contributed by atoms with E-state index >= 15 is 0 Å². The summed E-state index contributed by atoms with van der Waals surface area (Å²) >= 11 is 5.31. The first-order valence-electron chi connectivity index (χ1n) is 3.32. The molecule has 0 aromatic carbocycles. The average Bonchev–Trinajstić information content (AvgIpc) is 2.07. The predicted octanol–water partition coefficient (Wildman–Crippen LogP) is 2.16. The van der Waals surface area contributed by atoms with Crippen LogP contribution >= 0.6 is 11.6 Å². The Hall–Kier alpha value is -1.50. The highest BCUT2D eigenvalue weighted by molar-refractivity contribution is 6.29. The lowest BCUT2D eigenvalue weighted by atomic mass is 10.2. The number of halogens is 3. The van der Waals surface area contributed by atoms with Crippen LogP contribution in [0.4, 0.5) is 20.2 Å². The largest absolute Gasteiger partial charge is 0.391 e. The quantitative estimate of drug-likeness (QED) is 0.473. The number of hydrogen-bond donors (Lipinski definition) is 1. The number of nitro groups is 1. The first-order chi connectivity index (χ1) is 6.43. The summed E-state index contributed by atoms with van der Waals surface area (Å²) in [6, 6.07) is 0.822. The van der Waals surface area contributed by atoms with E-state index in [2.05, 4.69) is 4.98 Å². The molecule has 14 heavy (non-hydrogen) atoms. The summed E-state index contributed by atoms with van der Waals surface area (Å²) in [6.45, 7) is 0. The van der Waals surface area contributed by atoms with Crippen molar-refractivity contribution in [2.75, 3.05) is 5.73 Å². The lowest BCUT2D eigenvalue weighted by molar-refractivity contribution is -0.384. The molecule has 0 atom stereocenters. The lowest BCUT2D eigenvalue weighted by Crippen LogP contribution is -2.03. The highest BCUT2D eigenvalue weighted by Crippen LogP contribution is 2.32. The molecule has 76 valence electrons. The van der Waals surface area contributed by atoms with Crippen molar-refractivity contribution in [2.45, 2.75) is 6.43 Å². The second kappa shape index (κ2) is 3.70. The highest BCUT2D eigenvalue weighted by atomic mass is 35.5. The van der Waals surface area contributed by atoms with Gasteiger partial charge in [-0.05, 0) is 0 Å². The molecule has 0 aliphatic carbocycles. The van der Waals surface area contributed by atoms with Crippen LogP contribution in [0.15, 0.2) is 6.07 Å². The van der Waals surface area contributed by atoms with Crippen molar-refractivity contribution in [1.82, 2.24) is 4.98 Å². The second-order valence-corrected chi connectivity index (χ2v) is 2.71. The smallest absolute Gasteiger partial charge is 0.297 e. The van der Waals surface area contributed by atoms with Crippen LogP contribution in [-0.4, -0.2) is 9.91 Å². The Morgan fingerprint density at radius 2 is 2.21 bits per heavy atom. The van der Waals surface area contributed by atoms with Crippen molar-refractivity contribution in [3.8, 4) is 0 Å². The van der Waals surface area contributed by atoms with E-state index in [1.165, 1.54) is 0 Å². The minimum Gasteiger partial charge on any atom is -0.391 e. The molecule has 0 saturated carbocycles. The monoisotopic (exact) mass is 223 g/mol. The van der Waals surface area contributed by atoms with Gasteiger partial charge in [-0.25, -0.2) is 13.8 Å². The Kier molecular flexibility index (Phi) is 2.80. The van der Waals surface area contributed by atoms with Gasteiger partial charge in [-0.15, -0.1) is 0 Å². The molecule has 5 nitrogen and oxygen atoms in total. The van der Waals surface area contributed by atoms with Gasteiger partial charge in [0.15, 0.2) is 0 Å². The van der Waals surface area contributed by atoms with Gasteiger partial charge in [0.1, 0.15) is 16.5 Å². The van der Waals surface area contributed by atoms with Crippen molar-refractivity contribution in [3.63, 3.8) is 0 Å². The summed E-state index contributed by atoms with van der Waals surface area (Å²) in [5.74, 6) is 0. The van der Waals surface area contributed by atoms with Crippen LogP contribution in [0.3, 0.4) is 0 Å². The molecule has 1 aromatic heterocycles. The number of rotatable bonds is 2. The molecular weight excluding hydrogens is 220 g/mol. The maximum atomic E-state index is 12.2. The summed E-state index contributed by atoms with van der Waals surface area (Å²) < 4.78 is 24.5. The third-order valence-electron chi connectivity index (χ3n) is 1.44. The Bertz CT molecular complexity index is 386. The van der Waals surface area contributed by atoms with E-state index in [4.69, 9.17) is 17.3 Å². The fraction of sp³-hybridized carbons (Fsp3) is 0.167. The van der Waals surface area contributed by atoms with Gasteiger partial charge in [0.2, 0.25) is 0 Å². The van der Waals surface area contributed by atoms with Gasteiger partial charge in [-0.3, -0.25) is 10.1 Å². The number of nitrogens with two attached hydrogens (primary N) is 1. The van der Waals surface area contributed by atoms with Crippen LogP contribution in [0, 0.1) is 10.1 Å². The topological polar surface area (TPSA) is 82.0 Å². The van der Waals surface area contributed by atoms with Crippen LogP contribution in [0.2, 0.25) is 5.15 Å². The molecule has 8 heteroatoms. The molecular formula is C6H4ClF2N3O2. The molecule has 0 aliphatic rings. The first-order valence-corrected chi connectivity index (χ1v) is 3.69. The van der Waals surface area contributed by atoms with Crippen LogP contribution < -0.4 is 5.73 Å². The Balaban J connectivity index is 3.40. The van der Waals surface area contributed by atoms with Gasteiger partial charge in [0.05, 0.1) is 11.0 Å². The Labute approximate surface area is 81.6 Å². The molecule has 0 unspecified atom stereocenters. The van der Waals surface area contributed by atoms with Gasteiger partial charge in [0, 0.05) is 0 Å². The van der Waals surface area contributed by atoms with Gasteiger partial charge < -0.3 is 5.73 Å². The number of pyridine rings is 1. The minimum atomic E-state index is -2.99. The summed E-state index contributed by atoms with van der Waals surface area (Å²) in [6.07, 6.45) is -2.99. The summed E-state index contributed by atoms with van der Waals surface area (Å²) in [7, 11) is 0. The lowest BCUT2D eigenvalue weighted by Gasteiger charge is -2.04. The number of nitrogens with zero attached hydrogens (tertiary/aromatic N) is 2. The fourth-order valence-corrected chi connectivity index (χ4v) is 1.04. The molecule has 0 bridgehead atoms. The maximum Gasteiger partial charge on any atom is 0.297 e. The molecule has 1 heterocycles.